The molecule has 0 aliphatic heterocycles. The SMILES string of the molecule is C/C=C/c1ccc(OCCOC(=O)Nc2ccc(C)c(C)c2)c(OC)c1. The van der Waals surface area contributed by atoms with Crippen molar-refractivity contribution < 1.29 is 19.0 Å². The van der Waals surface area contributed by atoms with E-state index in [-0.39, 0.29) is 13.2 Å². The predicted octanol–water partition coefficient (Wildman–Crippen LogP) is 4.97. The van der Waals surface area contributed by atoms with Crippen LogP contribution in [-0.4, -0.2) is 26.4 Å². The minimum absolute atomic E-state index is 0.135. The molecule has 0 radical (unpaired) electrons. The number of methoxy groups -OCH3 is 1. The third-order valence-electron chi connectivity index (χ3n) is 3.87. The molecule has 0 bridgehead atoms. The van der Waals surface area contributed by atoms with Gasteiger partial charge in [0.25, 0.3) is 0 Å². The molecule has 0 spiro atoms. The Kier molecular flexibility index (Phi) is 7.09. The van der Waals surface area contributed by atoms with Crippen LogP contribution in [0.2, 0.25) is 0 Å². The fourth-order valence-electron chi connectivity index (χ4n) is 2.36. The van der Waals surface area contributed by atoms with Crippen LogP contribution in [0, 0.1) is 13.8 Å². The van der Waals surface area contributed by atoms with Crippen LogP contribution in [0.25, 0.3) is 6.08 Å². The molecule has 1 amide bonds. The average molecular weight is 355 g/mol. The zero-order valence-corrected chi connectivity index (χ0v) is 15.7. The van der Waals surface area contributed by atoms with Gasteiger partial charge in [-0.25, -0.2) is 4.79 Å². The zero-order valence-electron chi connectivity index (χ0n) is 15.7. The number of amides is 1. The molecule has 1 N–H and O–H groups in total. The summed E-state index contributed by atoms with van der Waals surface area (Å²) >= 11 is 0. The van der Waals surface area contributed by atoms with Crippen molar-refractivity contribution in [2.75, 3.05) is 25.6 Å². The molecule has 0 aliphatic rings. The molecule has 5 heteroatoms. The van der Waals surface area contributed by atoms with E-state index in [1.165, 1.54) is 5.56 Å². The molecule has 2 rings (SSSR count). The van der Waals surface area contributed by atoms with Gasteiger partial charge in [0.2, 0.25) is 0 Å². The van der Waals surface area contributed by atoms with E-state index < -0.39 is 6.09 Å². The summed E-state index contributed by atoms with van der Waals surface area (Å²) in [4.78, 5) is 11.8. The fraction of sp³-hybridized carbons (Fsp3) is 0.286. The van der Waals surface area contributed by atoms with Crippen LogP contribution in [0.3, 0.4) is 0 Å². The second-order valence-corrected chi connectivity index (χ2v) is 5.82. The summed E-state index contributed by atoms with van der Waals surface area (Å²) in [5.41, 5.74) is 4.02. The fourth-order valence-corrected chi connectivity index (χ4v) is 2.36. The lowest BCUT2D eigenvalue weighted by Crippen LogP contribution is -2.17. The lowest BCUT2D eigenvalue weighted by Gasteiger charge is -2.12. The molecule has 0 atom stereocenters. The topological polar surface area (TPSA) is 56.8 Å². The summed E-state index contributed by atoms with van der Waals surface area (Å²) in [7, 11) is 1.59. The maximum Gasteiger partial charge on any atom is 0.411 e. The van der Waals surface area contributed by atoms with Crippen molar-refractivity contribution in [1.29, 1.82) is 0 Å². The number of ether oxygens (including phenoxy) is 3. The second-order valence-electron chi connectivity index (χ2n) is 5.82. The Bertz CT molecular complexity index is 784. The second kappa shape index (κ2) is 9.51. The largest absolute Gasteiger partial charge is 0.493 e. The molecular formula is C21H25NO4. The highest BCUT2D eigenvalue weighted by molar-refractivity contribution is 5.84. The van der Waals surface area contributed by atoms with Gasteiger partial charge in [-0.15, -0.1) is 0 Å². The van der Waals surface area contributed by atoms with Crippen molar-refractivity contribution in [3.63, 3.8) is 0 Å². The molecule has 2 aromatic carbocycles. The first-order chi connectivity index (χ1) is 12.5. The Morgan fingerprint density at radius 2 is 1.85 bits per heavy atom. The van der Waals surface area contributed by atoms with Gasteiger partial charge in [-0.1, -0.05) is 24.3 Å². The summed E-state index contributed by atoms with van der Waals surface area (Å²) in [6.07, 6.45) is 3.43. The number of hydrogen-bond acceptors (Lipinski definition) is 4. The Balaban J connectivity index is 1.81. The van der Waals surface area contributed by atoms with Gasteiger partial charge in [0.1, 0.15) is 13.2 Å². The van der Waals surface area contributed by atoms with Crippen LogP contribution in [-0.2, 0) is 4.74 Å². The van der Waals surface area contributed by atoms with Crippen molar-refractivity contribution in [2.24, 2.45) is 0 Å². The Morgan fingerprint density at radius 3 is 2.54 bits per heavy atom. The average Bonchev–Trinajstić information content (AvgIpc) is 2.63. The van der Waals surface area contributed by atoms with Crippen molar-refractivity contribution in [3.8, 4) is 11.5 Å². The monoisotopic (exact) mass is 355 g/mol. The van der Waals surface area contributed by atoms with Gasteiger partial charge in [0, 0.05) is 5.69 Å². The van der Waals surface area contributed by atoms with E-state index in [2.05, 4.69) is 5.32 Å². The molecule has 2 aromatic rings. The number of hydrogen-bond donors (Lipinski definition) is 1. The number of nitrogens with one attached hydrogen (secondary N) is 1. The van der Waals surface area contributed by atoms with Gasteiger partial charge >= 0.3 is 6.09 Å². The lowest BCUT2D eigenvalue weighted by molar-refractivity contribution is 0.136. The van der Waals surface area contributed by atoms with E-state index in [0.717, 1.165) is 11.1 Å². The molecule has 0 saturated carbocycles. The van der Waals surface area contributed by atoms with Gasteiger partial charge in [-0.2, -0.15) is 0 Å². The van der Waals surface area contributed by atoms with E-state index in [1.54, 1.807) is 7.11 Å². The smallest absolute Gasteiger partial charge is 0.411 e. The molecular weight excluding hydrogens is 330 g/mol. The minimum Gasteiger partial charge on any atom is -0.493 e. The molecule has 0 unspecified atom stereocenters. The Labute approximate surface area is 154 Å². The van der Waals surface area contributed by atoms with Crippen LogP contribution in [0.15, 0.2) is 42.5 Å². The summed E-state index contributed by atoms with van der Waals surface area (Å²) < 4.78 is 16.1. The summed E-state index contributed by atoms with van der Waals surface area (Å²) in [6, 6.07) is 11.4. The molecule has 0 saturated heterocycles. The lowest BCUT2D eigenvalue weighted by atomic mass is 10.1. The van der Waals surface area contributed by atoms with Gasteiger partial charge in [-0.05, 0) is 61.7 Å². The molecule has 138 valence electrons. The highest BCUT2D eigenvalue weighted by Gasteiger charge is 2.07. The number of aryl methyl sites for hydroxylation is 2. The van der Waals surface area contributed by atoms with Crippen molar-refractivity contribution in [3.05, 3.63) is 59.2 Å². The molecule has 0 aliphatic carbocycles. The van der Waals surface area contributed by atoms with Crippen molar-refractivity contribution >= 4 is 17.9 Å². The number of carbonyl (C=O) groups is 1. The van der Waals surface area contributed by atoms with E-state index in [0.29, 0.717) is 17.2 Å². The summed E-state index contributed by atoms with van der Waals surface area (Å²) in [6.45, 7) is 6.34. The Hall–Kier alpha value is -2.95. The third kappa shape index (κ3) is 5.55. The van der Waals surface area contributed by atoms with Gasteiger partial charge < -0.3 is 14.2 Å². The van der Waals surface area contributed by atoms with Gasteiger partial charge in [0.15, 0.2) is 11.5 Å². The normalized spacial score (nSPS) is 10.6. The number of allylic oxidation sites excluding steroid dienone is 1. The number of rotatable bonds is 7. The molecule has 0 fully saturated rings. The van der Waals surface area contributed by atoms with Crippen LogP contribution in [0.4, 0.5) is 10.5 Å². The quantitative estimate of drug-likeness (QED) is 0.712. The van der Waals surface area contributed by atoms with E-state index in [4.69, 9.17) is 14.2 Å². The van der Waals surface area contributed by atoms with Crippen LogP contribution < -0.4 is 14.8 Å². The summed E-state index contributed by atoms with van der Waals surface area (Å²) in [5.74, 6) is 1.25. The van der Waals surface area contributed by atoms with Gasteiger partial charge in [-0.3, -0.25) is 5.32 Å². The first-order valence-electron chi connectivity index (χ1n) is 8.48. The molecule has 0 heterocycles. The minimum atomic E-state index is -0.507. The maximum atomic E-state index is 11.8. The van der Waals surface area contributed by atoms with Crippen molar-refractivity contribution in [2.45, 2.75) is 20.8 Å². The number of anilines is 1. The molecule has 5 nitrogen and oxygen atoms in total. The maximum absolute atomic E-state index is 11.8. The zero-order chi connectivity index (χ0) is 18.9. The standard InChI is InChI=1S/C21H25NO4/c1-5-6-17-8-10-19(20(14-17)24-4)25-11-12-26-21(23)22-18-9-7-15(2)16(3)13-18/h5-10,13-14H,11-12H2,1-4H3,(H,22,23)/b6-5+. The van der Waals surface area contributed by atoms with Crippen LogP contribution in [0.5, 0.6) is 11.5 Å². The number of carbonyl (C=O) groups excluding carboxylic acids is 1. The predicted molar refractivity (Wildman–Crippen MR) is 104 cm³/mol. The highest BCUT2D eigenvalue weighted by Crippen LogP contribution is 2.28. The van der Waals surface area contributed by atoms with E-state index >= 15 is 0 Å². The number of benzene rings is 2. The molecule has 26 heavy (non-hydrogen) atoms. The van der Waals surface area contributed by atoms with Crippen molar-refractivity contribution in [1.82, 2.24) is 0 Å². The molecule has 0 aromatic heterocycles. The Morgan fingerprint density at radius 1 is 1.04 bits per heavy atom. The summed E-state index contributed by atoms with van der Waals surface area (Å²) in [5, 5.41) is 2.70. The first-order valence-corrected chi connectivity index (χ1v) is 8.48. The third-order valence-corrected chi connectivity index (χ3v) is 3.87. The van der Waals surface area contributed by atoms with E-state index in [1.807, 2.05) is 69.3 Å². The van der Waals surface area contributed by atoms with Crippen LogP contribution in [0.1, 0.15) is 23.6 Å². The first kappa shape index (κ1) is 19.4. The van der Waals surface area contributed by atoms with Crippen LogP contribution >= 0.6 is 0 Å². The van der Waals surface area contributed by atoms with E-state index in [9.17, 15) is 4.79 Å². The van der Waals surface area contributed by atoms with Gasteiger partial charge in [0.05, 0.1) is 7.11 Å². The highest BCUT2D eigenvalue weighted by atomic mass is 16.6.